The summed E-state index contributed by atoms with van der Waals surface area (Å²) >= 11 is 3.15. The molecule has 3 aromatic rings. The Bertz CT molecular complexity index is 981. The molecule has 27 heavy (non-hydrogen) atoms. The number of nitrogens with zero attached hydrogens (tertiary/aromatic N) is 1. The lowest BCUT2D eigenvalue weighted by Gasteiger charge is -2.19. The van der Waals surface area contributed by atoms with Gasteiger partial charge in [0.25, 0.3) is 17.7 Å². The van der Waals surface area contributed by atoms with Gasteiger partial charge in [0.05, 0.1) is 11.3 Å². The molecule has 0 saturated carbocycles. The van der Waals surface area contributed by atoms with Gasteiger partial charge in [0.2, 0.25) is 0 Å². The number of carbonyl (C=O) groups excluding carboxylic acids is 3. The van der Waals surface area contributed by atoms with Gasteiger partial charge in [-0.15, -0.1) is 0 Å². The van der Waals surface area contributed by atoms with E-state index in [-0.39, 0.29) is 11.3 Å². The van der Waals surface area contributed by atoms with E-state index < -0.39 is 17.7 Å². The number of anilines is 1. The van der Waals surface area contributed by atoms with Crippen LogP contribution < -0.4 is 15.8 Å². The maximum Gasteiger partial charge on any atom is 0.293 e. The van der Waals surface area contributed by atoms with E-state index in [0.29, 0.717) is 16.1 Å². The molecule has 3 amide bonds. The van der Waals surface area contributed by atoms with Gasteiger partial charge >= 0.3 is 0 Å². The van der Waals surface area contributed by atoms with E-state index in [1.54, 1.807) is 48.7 Å². The van der Waals surface area contributed by atoms with Crippen molar-refractivity contribution in [2.24, 2.45) is 0 Å². The Balaban J connectivity index is 1.75. The van der Waals surface area contributed by atoms with E-state index >= 15 is 0 Å². The largest absolute Gasteiger partial charge is 0.444 e. The Morgan fingerprint density at radius 2 is 1.74 bits per heavy atom. The Morgan fingerprint density at radius 1 is 1.00 bits per heavy atom. The van der Waals surface area contributed by atoms with E-state index in [2.05, 4.69) is 31.8 Å². The number of hydrogen-bond donors (Lipinski definition) is 3. The Morgan fingerprint density at radius 3 is 2.41 bits per heavy atom. The molecule has 0 saturated heterocycles. The highest BCUT2D eigenvalue weighted by atomic mass is 79.9. The number of amides is 3. The fraction of sp³-hybridized carbons (Fsp3) is 0.0556. The summed E-state index contributed by atoms with van der Waals surface area (Å²) in [7, 11) is 1.53. The number of benzene rings is 1. The van der Waals surface area contributed by atoms with Crippen LogP contribution in [0, 0.1) is 0 Å². The normalized spacial score (nSPS) is 10.3. The molecule has 0 fully saturated rings. The maximum absolute atomic E-state index is 12.6. The minimum atomic E-state index is -0.564. The number of aromatic nitrogens is 1. The van der Waals surface area contributed by atoms with Crippen LogP contribution in [0.3, 0.4) is 0 Å². The van der Waals surface area contributed by atoms with Crippen LogP contribution >= 0.6 is 15.9 Å². The van der Waals surface area contributed by atoms with Crippen molar-refractivity contribution in [3.8, 4) is 0 Å². The zero-order valence-corrected chi connectivity index (χ0v) is 15.7. The van der Waals surface area contributed by atoms with Gasteiger partial charge in [-0.1, -0.05) is 12.1 Å². The van der Waals surface area contributed by atoms with Crippen LogP contribution in [0.15, 0.2) is 63.8 Å². The Labute approximate surface area is 162 Å². The topological polar surface area (TPSA) is 107 Å². The summed E-state index contributed by atoms with van der Waals surface area (Å²) in [5, 5.41) is 0. The monoisotopic (exact) mass is 430 g/mol. The van der Waals surface area contributed by atoms with E-state index in [4.69, 9.17) is 4.42 Å². The predicted octanol–water partition coefficient (Wildman–Crippen LogP) is 2.72. The van der Waals surface area contributed by atoms with Gasteiger partial charge in [-0.25, -0.2) is 0 Å². The first kappa shape index (κ1) is 18.5. The molecule has 0 aliphatic rings. The van der Waals surface area contributed by atoms with Crippen molar-refractivity contribution in [3.05, 3.63) is 76.4 Å². The molecule has 0 bridgehead atoms. The van der Waals surface area contributed by atoms with Crippen LogP contribution in [0.1, 0.15) is 31.4 Å². The first-order valence-electron chi connectivity index (χ1n) is 7.84. The number of hydrazine groups is 1. The predicted molar refractivity (Wildman–Crippen MR) is 101 cm³/mol. The third kappa shape index (κ3) is 4.09. The molecule has 0 aliphatic heterocycles. The van der Waals surface area contributed by atoms with Gasteiger partial charge in [0.1, 0.15) is 5.69 Å². The lowest BCUT2D eigenvalue weighted by molar-refractivity contribution is 0.0844. The number of hydrogen-bond acceptors (Lipinski definition) is 4. The molecule has 2 heterocycles. The fourth-order valence-corrected chi connectivity index (χ4v) is 2.69. The average Bonchev–Trinajstić information content (AvgIpc) is 3.36. The van der Waals surface area contributed by atoms with E-state index in [9.17, 15) is 14.4 Å². The van der Waals surface area contributed by atoms with Crippen LogP contribution in [0.25, 0.3) is 0 Å². The van der Waals surface area contributed by atoms with Crippen LogP contribution in [0.5, 0.6) is 0 Å². The van der Waals surface area contributed by atoms with Gasteiger partial charge < -0.3 is 14.3 Å². The highest BCUT2D eigenvalue weighted by molar-refractivity contribution is 9.10. The number of carbonyl (C=O) groups is 3. The van der Waals surface area contributed by atoms with Crippen molar-refractivity contribution in [1.29, 1.82) is 0 Å². The molecule has 0 atom stereocenters. The number of para-hydroxylation sites is 1. The van der Waals surface area contributed by atoms with E-state index in [1.165, 1.54) is 18.0 Å². The van der Waals surface area contributed by atoms with Crippen molar-refractivity contribution >= 4 is 39.3 Å². The van der Waals surface area contributed by atoms with Crippen LogP contribution in [-0.4, -0.2) is 29.8 Å². The first-order chi connectivity index (χ1) is 13.0. The molecule has 3 rings (SSSR count). The number of halogens is 1. The smallest absolute Gasteiger partial charge is 0.293 e. The van der Waals surface area contributed by atoms with Crippen molar-refractivity contribution in [2.75, 3.05) is 11.9 Å². The third-order valence-electron chi connectivity index (χ3n) is 3.73. The molecular weight excluding hydrogens is 416 g/mol. The number of rotatable bonds is 4. The second kappa shape index (κ2) is 7.92. The Hall–Kier alpha value is -3.33. The number of nitrogens with one attached hydrogen (secondary N) is 3. The quantitative estimate of drug-likeness (QED) is 0.552. The van der Waals surface area contributed by atoms with Gasteiger partial charge in [-0.2, -0.15) is 0 Å². The summed E-state index contributed by atoms with van der Waals surface area (Å²) in [5.74, 6) is -1.35. The summed E-state index contributed by atoms with van der Waals surface area (Å²) in [6.45, 7) is 0. The zero-order valence-electron chi connectivity index (χ0n) is 14.2. The highest BCUT2D eigenvalue weighted by Gasteiger charge is 2.22. The molecule has 3 N–H and O–H groups in total. The van der Waals surface area contributed by atoms with Crippen molar-refractivity contribution in [3.63, 3.8) is 0 Å². The molecule has 0 unspecified atom stereocenters. The fourth-order valence-electron chi connectivity index (χ4n) is 2.38. The molecule has 1 aromatic carbocycles. The third-order valence-corrected chi connectivity index (χ3v) is 4.16. The van der Waals surface area contributed by atoms with Crippen LogP contribution in [0.4, 0.5) is 5.69 Å². The van der Waals surface area contributed by atoms with Gasteiger partial charge in [-0.05, 0) is 52.3 Å². The molecule has 8 nitrogen and oxygen atoms in total. The second-order valence-corrected chi connectivity index (χ2v) is 6.26. The van der Waals surface area contributed by atoms with Crippen molar-refractivity contribution < 1.29 is 18.8 Å². The van der Waals surface area contributed by atoms with Crippen LogP contribution in [-0.2, 0) is 0 Å². The summed E-state index contributed by atoms with van der Waals surface area (Å²) in [4.78, 5) is 41.0. The lowest BCUT2D eigenvalue weighted by Crippen LogP contribution is -2.42. The SMILES string of the molecule is CN(C(=O)c1ccc(Br)o1)c1ccccc1C(=O)NNC(=O)c1ccc[nH]1. The molecule has 0 aliphatic carbocycles. The van der Waals surface area contributed by atoms with E-state index in [0.717, 1.165) is 0 Å². The lowest BCUT2D eigenvalue weighted by atomic mass is 10.1. The van der Waals surface area contributed by atoms with E-state index in [1.807, 2.05) is 0 Å². The number of aromatic amines is 1. The van der Waals surface area contributed by atoms with Gasteiger partial charge in [-0.3, -0.25) is 25.2 Å². The zero-order chi connectivity index (χ0) is 19.4. The number of furan rings is 1. The minimum Gasteiger partial charge on any atom is -0.444 e. The van der Waals surface area contributed by atoms with Crippen molar-refractivity contribution in [2.45, 2.75) is 0 Å². The minimum absolute atomic E-state index is 0.125. The molecule has 9 heteroatoms. The summed E-state index contributed by atoms with van der Waals surface area (Å²) in [5.41, 5.74) is 5.53. The average molecular weight is 431 g/mol. The maximum atomic E-state index is 12.6. The second-order valence-electron chi connectivity index (χ2n) is 5.48. The molecule has 138 valence electrons. The highest BCUT2D eigenvalue weighted by Crippen LogP contribution is 2.23. The number of H-pyrrole nitrogens is 1. The molecular formula is C18H15BrN4O4. The molecule has 0 spiro atoms. The van der Waals surface area contributed by atoms with Crippen LogP contribution in [0.2, 0.25) is 0 Å². The Kier molecular flexibility index (Phi) is 5.41. The van der Waals surface area contributed by atoms with Crippen molar-refractivity contribution in [1.82, 2.24) is 15.8 Å². The summed E-state index contributed by atoms with van der Waals surface area (Å²) in [6.07, 6.45) is 1.60. The van der Waals surface area contributed by atoms with Gasteiger partial charge in [0.15, 0.2) is 10.4 Å². The molecule has 2 aromatic heterocycles. The molecule has 0 radical (unpaired) electrons. The summed E-state index contributed by atoms with van der Waals surface area (Å²) in [6, 6.07) is 12.9. The standard InChI is InChI=1S/C18H15BrN4O4/c1-23(18(26)14-8-9-15(19)27-14)13-7-3-2-5-11(13)16(24)21-22-17(25)12-6-4-10-20-12/h2-10,20H,1H3,(H,21,24)(H,22,25). The first-order valence-corrected chi connectivity index (χ1v) is 8.63. The summed E-state index contributed by atoms with van der Waals surface area (Å²) < 4.78 is 5.70. The van der Waals surface area contributed by atoms with Gasteiger partial charge in [0, 0.05) is 13.2 Å².